The minimum Gasteiger partial charge on any atom is -0.391 e. The summed E-state index contributed by atoms with van der Waals surface area (Å²) in [6.45, 7) is 9.87. The van der Waals surface area contributed by atoms with Gasteiger partial charge in [-0.25, -0.2) is 0 Å². The molecule has 6 heteroatoms. The van der Waals surface area contributed by atoms with Crippen molar-refractivity contribution in [3.8, 4) is 0 Å². The molecule has 0 aliphatic heterocycles. The molecule has 0 amide bonds. The zero-order chi connectivity index (χ0) is 17.6. The first-order valence-corrected chi connectivity index (χ1v) is 8.93. The first kappa shape index (κ1) is 24.1. The molecule has 1 unspecified atom stereocenters. The third-order valence-corrected chi connectivity index (χ3v) is 3.33. The maximum Gasteiger partial charge on any atom is 0.191 e. The molecule has 1 aromatic carbocycles. The Hall–Kier alpha value is -0.860. The minimum absolute atomic E-state index is 0. The molecule has 0 saturated carbocycles. The number of aliphatic imine (C=N–C) groups is 1. The number of nitrogens with zero attached hydrogens (tertiary/aromatic N) is 1. The molecule has 0 heterocycles. The van der Waals surface area contributed by atoms with Gasteiger partial charge in [-0.15, -0.1) is 24.0 Å². The molecule has 0 fully saturated rings. The number of aliphatic hydroxyl groups is 1. The van der Waals surface area contributed by atoms with Crippen molar-refractivity contribution in [3.63, 3.8) is 0 Å². The zero-order valence-corrected chi connectivity index (χ0v) is 18.0. The van der Waals surface area contributed by atoms with Gasteiger partial charge < -0.3 is 20.5 Å². The zero-order valence-electron chi connectivity index (χ0n) is 15.7. The van der Waals surface area contributed by atoms with Crippen molar-refractivity contribution in [1.82, 2.24) is 10.6 Å². The highest BCUT2D eigenvalue weighted by Crippen LogP contribution is 2.03. The van der Waals surface area contributed by atoms with Gasteiger partial charge in [0.05, 0.1) is 12.6 Å². The molecule has 0 bridgehead atoms. The summed E-state index contributed by atoms with van der Waals surface area (Å²) >= 11 is 0. The summed E-state index contributed by atoms with van der Waals surface area (Å²) in [6.07, 6.45) is 1.08. The summed E-state index contributed by atoms with van der Waals surface area (Å²) in [5.74, 6) is 1.32. The Morgan fingerprint density at radius 3 is 2.56 bits per heavy atom. The van der Waals surface area contributed by atoms with Crippen LogP contribution in [0.25, 0.3) is 0 Å². The third-order valence-electron chi connectivity index (χ3n) is 3.33. The van der Waals surface area contributed by atoms with E-state index in [9.17, 15) is 5.11 Å². The van der Waals surface area contributed by atoms with Crippen molar-refractivity contribution >= 4 is 29.9 Å². The van der Waals surface area contributed by atoms with E-state index in [2.05, 4.69) is 29.5 Å². The van der Waals surface area contributed by atoms with Crippen LogP contribution in [-0.4, -0.2) is 50.0 Å². The second-order valence-corrected chi connectivity index (χ2v) is 6.31. The summed E-state index contributed by atoms with van der Waals surface area (Å²) in [5, 5.41) is 16.6. The molecule has 0 radical (unpaired) electrons. The molecule has 0 spiro atoms. The predicted octanol–water partition coefficient (Wildman–Crippen LogP) is 2.83. The third kappa shape index (κ3) is 13.1. The highest BCUT2D eigenvalue weighted by Gasteiger charge is 2.05. The number of guanidine groups is 1. The topological polar surface area (TPSA) is 65.9 Å². The standard InChI is InChI=1S/C19H33N3O2.HI/c1-4-20-19(21-11-8-12-24-15-16(2)3)22-14-18(23)13-17-9-6-5-7-10-17;/h5-7,9-10,16,18,23H,4,8,11-15H2,1-3H3,(H2,20,21,22);1H. The number of hydrogen-bond donors (Lipinski definition) is 3. The second kappa shape index (κ2) is 15.4. The Balaban J connectivity index is 0.00000576. The van der Waals surface area contributed by atoms with Crippen LogP contribution in [0.15, 0.2) is 35.3 Å². The summed E-state index contributed by atoms with van der Waals surface area (Å²) in [6, 6.07) is 9.99. The highest BCUT2D eigenvalue weighted by molar-refractivity contribution is 14.0. The van der Waals surface area contributed by atoms with E-state index in [1.807, 2.05) is 37.3 Å². The van der Waals surface area contributed by atoms with Crippen LogP contribution in [0.1, 0.15) is 32.8 Å². The molecular formula is C19H34IN3O2. The van der Waals surface area contributed by atoms with Crippen molar-refractivity contribution in [2.24, 2.45) is 10.9 Å². The summed E-state index contributed by atoms with van der Waals surface area (Å²) in [5.41, 5.74) is 1.13. The minimum atomic E-state index is -0.475. The molecule has 3 N–H and O–H groups in total. The van der Waals surface area contributed by atoms with Gasteiger partial charge in [-0.3, -0.25) is 4.99 Å². The van der Waals surface area contributed by atoms with Crippen LogP contribution in [0.4, 0.5) is 0 Å². The van der Waals surface area contributed by atoms with Gasteiger partial charge in [-0.2, -0.15) is 0 Å². The molecule has 5 nitrogen and oxygen atoms in total. The lowest BCUT2D eigenvalue weighted by Gasteiger charge is -2.13. The highest BCUT2D eigenvalue weighted by atomic mass is 127. The van der Waals surface area contributed by atoms with Crippen LogP contribution in [-0.2, 0) is 11.2 Å². The fourth-order valence-corrected chi connectivity index (χ4v) is 2.19. The first-order chi connectivity index (χ1) is 11.6. The smallest absolute Gasteiger partial charge is 0.191 e. The number of benzene rings is 1. The van der Waals surface area contributed by atoms with Gasteiger partial charge in [0.25, 0.3) is 0 Å². The van der Waals surface area contributed by atoms with Gasteiger partial charge in [-0.05, 0) is 24.8 Å². The van der Waals surface area contributed by atoms with Gasteiger partial charge >= 0.3 is 0 Å². The number of rotatable bonds is 11. The van der Waals surface area contributed by atoms with Gasteiger partial charge in [0.2, 0.25) is 0 Å². The molecule has 0 aliphatic rings. The fourth-order valence-electron chi connectivity index (χ4n) is 2.19. The van der Waals surface area contributed by atoms with Crippen molar-refractivity contribution < 1.29 is 9.84 Å². The molecule has 0 saturated heterocycles. The van der Waals surface area contributed by atoms with E-state index in [0.29, 0.717) is 18.9 Å². The maximum atomic E-state index is 10.1. The molecule has 0 aliphatic carbocycles. The van der Waals surface area contributed by atoms with E-state index in [0.717, 1.165) is 44.2 Å². The Bertz CT molecular complexity index is 455. The molecule has 1 atom stereocenters. The Morgan fingerprint density at radius 2 is 1.92 bits per heavy atom. The molecule has 0 aromatic heterocycles. The molecule has 1 rings (SSSR count). The molecule has 25 heavy (non-hydrogen) atoms. The van der Waals surface area contributed by atoms with E-state index < -0.39 is 6.10 Å². The van der Waals surface area contributed by atoms with Crippen LogP contribution in [0.3, 0.4) is 0 Å². The summed E-state index contributed by atoms with van der Waals surface area (Å²) in [7, 11) is 0. The van der Waals surface area contributed by atoms with E-state index in [1.165, 1.54) is 0 Å². The van der Waals surface area contributed by atoms with Crippen LogP contribution in [0.2, 0.25) is 0 Å². The van der Waals surface area contributed by atoms with Crippen molar-refractivity contribution in [2.45, 2.75) is 39.7 Å². The van der Waals surface area contributed by atoms with E-state index in [1.54, 1.807) is 0 Å². The number of nitrogens with one attached hydrogen (secondary N) is 2. The number of halogens is 1. The Kier molecular flexibility index (Phi) is 14.9. The lowest BCUT2D eigenvalue weighted by molar-refractivity contribution is 0.108. The van der Waals surface area contributed by atoms with Gasteiger partial charge in [-0.1, -0.05) is 44.2 Å². The summed E-state index contributed by atoms with van der Waals surface area (Å²) in [4.78, 5) is 4.46. The van der Waals surface area contributed by atoms with Crippen LogP contribution in [0, 0.1) is 5.92 Å². The predicted molar refractivity (Wildman–Crippen MR) is 116 cm³/mol. The Labute approximate surface area is 169 Å². The first-order valence-electron chi connectivity index (χ1n) is 8.93. The second-order valence-electron chi connectivity index (χ2n) is 6.31. The van der Waals surface area contributed by atoms with Gasteiger partial charge in [0, 0.05) is 32.7 Å². The van der Waals surface area contributed by atoms with Crippen molar-refractivity contribution in [1.29, 1.82) is 0 Å². The largest absolute Gasteiger partial charge is 0.391 e. The SMILES string of the molecule is CCNC(=NCC(O)Cc1ccccc1)NCCCOCC(C)C.I. The monoisotopic (exact) mass is 463 g/mol. The fraction of sp³-hybridized carbons (Fsp3) is 0.632. The molecule has 144 valence electrons. The van der Waals surface area contributed by atoms with Gasteiger partial charge in [0.1, 0.15) is 0 Å². The maximum absolute atomic E-state index is 10.1. The number of hydrogen-bond acceptors (Lipinski definition) is 3. The average molecular weight is 463 g/mol. The average Bonchev–Trinajstić information content (AvgIpc) is 2.56. The summed E-state index contributed by atoms with van der Waals surface area (Å²) < 4.78 is 5.56. The van der Waals surface area contributed by atoms with Crippen molar-refractivity contribution in [3.05, 3.63) is 35.9 Å². The van der Waals surface area contributed by atoms with Gasteiger partial charge in [0.15, 0.2) is 5.96 Å². The molecular weight excluding hydrogens is 429 g/mol. The number of ether oxygens (including phenoxy) is 1. The van der Waals surface area contributed by atoms with Crippen LogP contribution < -0.4 is 10.6 Å². The molecule has 1 aromatic rings. The van der Waals surface area contributed by atoms with Crippen LogP contribution >= 0.6 is 24.0 Å². The Morgan fingerprint density at radius 1 is 1.20 bits per heavy atom. The van der Waals surface area contributed by atoms with Crippen molar-refractivity contribution in [2.75, 3.05) is 32.8 Å². The lowest BCUT2D eigenvalue weighted by atomic mass is 10.1. The normalized spacial score (nSPS) is 12.6. The van der Waals surface area contributed by atoms with E-state index in [4.69, 9.17) is 4.74 Å². The van der Waals surface area contributed by atoms with Crippen LogP contribution in [0.5, 0.6) is 0 Å². The quantitative estimate of drug-likeness (QED) is 0.204. The van der Waals surface area contributed by atoms with E-state index in [-0.39, 0.29) is 24.0 Å². The lowest BCUT2D eigenvalue weighted by Crippen LogP contribution is -2.38. The van der Waals surface area contributed by atoms with E-state index >= 15 is 0 Å². The number of aliphatic hydroxyl groups excluding tert-OH is 1.